The van der Waals surface area contributed by atoms with Crippen LogP contribution in [0.1, 0.15) is 12.8 Å². The molecule has 1 heterocycles. The Morgan fingerprint density at radius 1 is 1.50 bits per heavy atom. The van der Waals surface area contributed by atoms with Gasteiger partial charge in [0.15, 0.2) is 0 Å². The van der Waals surface area contributed by atoms with Crippen LogP contribution in [-0.2, 0) is 11.2 Å². The molecule has 10 heteroatoms. The summed E-state index contributed by atoms with van der Waals surface area (Å²) >= 11 is 6.97. The lowest BCUT2D eigenvalue weighted by atomic mass is 10.3. The molecule has 1 amide bonds. The monoisotopic (exact) mass is 342 g/mol. The van der Waals surface area contributed by atoms with Crippen LogP contribution >= 0.6 is 23.4 Å². The molecule has 2 aromatic rings. The molecule has 22 heavy (non-hydrogen) atoms. The van der Waals surface area contributed by atoms with Crippen LogP contribution in [0.15, 0.2) is 27.8 Å². The Morgan fingerprint density at radius 3 is 2.91 bits per heavy atom. The fraction of sp³-hybridized carbons (Fsp3) is 0.250. The summed E-state index contributed by atoms with van der Waals surface area (Å²) in [6, 6.07) is 3.82. The van der Waals surface area contributed by atoms with Crippen molar-refractivity contribution in [3.05, 3.63) is 39.2 Å². The number of hydrogen-bond donors (Lipinski definition) is 1. The molecule has 0 saturated heterocycles. The molecule has 1 aromatic heterocycles. The highest BCUT2D eigenvalue weighted by Crippen LogP contribution is 2.27. The number of carbonyl (C=O) groups is 1. The van der Waals surface area contributed by atoms with Gasteiger partial charge in [0.2, 0.25) is 11.8 Å². The van der Waals surface area contributed by atoms with Crippen molar-refractivity contribution in [2.24, 2.45) is 0 Å². The van der Waals surface area contributed by atoms with Crippen molar-refractivity contribution in [3.63, 3.8) is 0 Å². The fourth-order valence-electron chi connectivity index (χ4n) is 1.48. The number of nitro benzene ring substituents is 1. The van der Waals surface area contributed by atoms with Gasteiger partial charge in [0.05, 0.1) is 21.4 Å². The van der Waals surface area contributed by atoms with Gasteiger partial charge in [0.1, 0.15) is 0 Å². The lowest BCUT2D eigenvalue weighted by Crippen LogP contribution is -2.14. The normalized spacial score (nSPS) is 10.5. The molecule has 8 nitrogen and oxygen atoms in total. The lowest BCUT2D eigenvalue weighted by Gasteiger charge is -2.06. The number of hydrogen-bond acceptors (Lipinski definition) is 7. The summed E-state index contributed by atoms with van der Waals surface area (Å²) in [5.41, 5.74) is 0.0260. The van der Waals surface area contributed by atoms with Crippen molar-refractivity contribution in [2.75, 3.05) is 11.1 Å². The minimum Gasteiger partial charge on any atom is -0.416 e. The van der Waals surface area contributed by atoms with E-state index in [0.717, 1.165) is 11.8 Å². The molecule has 0 atom stereocenters. The summed E-state index contributed by atoms with van der Waals surface area (Å²) in [5, 5.41) is 21.3. The molecule has 1 N–H and O–H groups in total. The Labute approximate surface area is 134 Å². The van der Waals surface area contributed by atoms with Crippen molar-refractivity contribution in [1.29, 1.82) is 0 Å². The number of aryl methyl sites for hydroxylation is 1. The van der Waals surface area contributed by atoms with Gasteiger partial charge >= 0.3 is 0 Å². The van der Waals surface area contributed by atoms with E-state index in [-0.39, 0.29) is 33.3 Å². The van der Waals surface area contributed by atoms with Gasteiger partial charge in [-0.05, 0) is 6.07 Å². The van der Waals surface area contributed by atoms with E-state index < -0.39 is 4.92 Å². The third kappa shape index (κ3) is 4.18. The van der Waals surface area contributed by atoms with Gasteiger partial charge < -0.3 is 9.73 Å². The predicted molar refractivity (Wildman–Crippen MR) is 81.1 cm³/mol. The van der Waals surface area contributed by atoms with Crippen LogP contribution in [0.4, 0.5) is 11.4 Å². The molecular formula is C12H11ClN4O4S. The van der Waals surface area contributed by atoms with E-state index in [0.29, 0.717) is 12.3 Å². The van der Waals surface area contributed by atoms with E-state index in [1.54, 1.807) is 0 Å². The summed E-state index contributed by atoms with van der Waals surface area (Å²) in [6.45, 7) is 1.87. The number of nitrogens with zero attached hydrogens (tertiary/aromatic N) is 3. The molecule has 0 aliphatic rings. The third-order valence-electron chi connectivity index (χ3n) is 2.51. The van der Waals surface area contributed by atoms with E-state index in [4.69, 9.17) is 16.0 Å². The Balaban J connectivity index is 1.96. The molecule has 1 aromatic carbocycles. The highest BCUT2D eigenvalue weighted by atomic mass is 35.5. The average molecular weight is 343 g/mol. The number of non-ortho nitro benzene ring substituents is 1. The number of benzene rings is 1. The van der Waals surface area contributed by atoms with E-state index >= 15 is 0 Å². The van der Waals surface area contributed by atoms with Crippen molar-refractivity contribution in [3.8, 4) is 0 Å². The van der Waals surface area contributed by atoms with E-state index in [1.165, 1.54) is 18.2 Å². The topological polar surface area (TPSA) is 111 Å². The largest absolute Gasteiger partial charge is 0.416 e. The minimum atomic E-state index is -0.564. The van der Waals surface area contributed by atoms with Crippen LogP contribution < -0.4 is 5.32 Å². The maximum absolute atomic E-state index is 11.8. The molecule has 0 aliphatic heterocycles. The molecule has 0 fully saturated rings. The molecule has 0 bridgehead atoms. The molecule has 0 saturated carbocycles. The maximum Gasteiger partial charge on any atom is 0.277 e. The SMILES string of the molecule is CCc1nnc(SCC(=O)Nc2cc([N+](=O)[O-])ccc2Cl)o1. The maximum atomic E-state index is 11.8. The number of halogens is 1. The first-order chi connectivity index (χ1) is 10.5. The molecule has 0 spiro atoms. The first-order valence-electron chi connectivity index (χ1n) is 6.18. The number of rotatable bonds is 6. The molecule has 0 radical (unpaired) electrons. The summed E-state index contributed by atoms with van der Waals surface area (Å²) < 4.78 is 5.25. The Bertz CT molecular complexity index is 706. The van der Waals surface area contributed by atoms with Gasteiger partial charge in [-0.15, -0.1) is 10.2 Å². The average Bonchev–Trinajstić information content (AvgIpc) is 2.95. The minimum absolute atomic E-state index is 0.0182. The van der Waals surface area contributed by atoms with E-state index in [1.807, 2.05) is 6.92 Å². The van der Waals surface area contributed by atoms with Gasteiger partial charge in [-0.25, -0.2) is 0 Å². The molecule has 0 unspecified atom stereocenters. The summed E-state index contributed by atoms with van der Waals surface area (Å²) in [4.78, 5) is 22.0. The first-order valence-corrected chi connectivity index (χ1v) is 7.55. The Kier molecular flexibility index (Phi) is 5.34. The first kappa shape index (κ1) is 16.2. The number of amides is 1. The van der Waals surface area contributed by atoms with Gasteiger partial charge in [0.25, 0.3) is 10.9 Å². The third-order valence-corrected chi connectivity index (χ3v) is 3.66. The lowest BCUT2D eigenvalue weighted by molar-refractivity contribution is -0.384. The zero-order valence-corrected chi connectivity index (χ0v) is 13.0. The molecule has 116 valence electrons. The second-order valence-corrected chi connectivity index (χ2v) is 5.41. The number of anilines is 1. The second-order valence-electron chi connectivity index (χ2n) is 4.07. The highest BCUT2D eigenvalue weighted by molar-refractivity contribution is 7.99. The highest BCUT2D eigenvalue weighted by Gasteiger charge is 2.13. The number of nitrogens with one attached hydrogen (secondary N) is 1. The van der Waals surface area contributed by atoms with Crippen molar-refractivity contribution in [1.82, 2.24) is 10.2 Å². The zero-order valence-electron chi connectivity index (χ0n) is 11.4. The number of carbonyl (C=O) groups excluding carboxylic acids is 1. The zero-order chi connectivity index (χ0) is 16.1. The van der Waals surface area contributed by atoms with Crippen LogP contribution in [0.25, 0.3) is 0 Å². The van der Waals surface area contributed by atoms with Gasteiger partial charge in [-0.1, -0.05) is 30.3 Å². The Morgan fingerprint density at radius 2 is 2.27 bits per heavy atom. The summed E-state index contributed by atoms with van der Waals surface area (Å²) in [7, 11) is 0. The quantitative estimate of drug-likeness (QED) is 0.488. The van der Waals surface area contributed by atoms with Crippen LogP contribution in [0.5, 0.6) is 0 Å². The van der Waals surface area contributed by atoms with Crippen molar-refractivity contribution < 1.29 is 14.1 Å². The summed E-state index contributed by atoms with van der Waals surface area (Å²) in [6.07, 6.45) is 0.614. The van der Waals surface area contributed by atoms with Crippen LogP contribution in [0.2, 0.25) is 5.02 Å². The van der Waals surface area contributed by atoms with Crippen LogP contribution in [0.3, 0.4) is 0 Å². The predicted octanol–water partition coefficient (Wildman–Crippen LogP) is 2.92. The number of nitro groups is 1. The van der Waals surface area contributed by atoms with Gasteiger partial charge in [0, 0.05) is 18.6 Å². The van der Waals surface area contributed by atoms with Crippen LogP contribution in [-0.4, -0.2) is 26.8 Å². The van der Waals surface area contributed by atoms with Crippen molar-refractivity contribution in [2.45, 2.75) is 18.6 Å². The molecule has 0 aliphatic carbocycles. The number of thioether (sulfide) groups is 1. The van der Waals surface area contributed by atoms with E-state index in [9.17, 15) is 14.9 Å². The Hall–Kier alpha value is -2.13. The standard InChI is InChI=1S/C12H11ClN4O4S/c1-2-11-15-16-12(21-11)22-6-10(18)14-9-5-7(17(19)20)3-4-8(9)13/h3-5H,2,6H2,1H3,(H,14,18). The van der Waals surface area contributed by atoms with Gasteiger partial charge in [-0.3, -0.25) is 14.9 Å². The number of aromatic nitrogens is 2. The van der Waals surface area contributed by atoms with E-state index in [2.05, 4.69) is 15.5 Å². The van der Waals surface area contributed by atoms with Crippen LogP contribution in [0, 0.1) is 10.1 Å². The molecular weight excluding hydrogens is 332 g/mol. The van der Waals surface area contributed by atoms with Gasteiger partial charge in [-0.2, -0.15) is 0 Å². The van der Waals surface area contributed by atoms with Crippen molar-refractivity contribution >= 4 is 40.6 Å². The molecule has 2 rings (SSSR count). The smallest absolute Gasteiger partial charge is 0.277 e. The summed E-state index contributed by atoms with van der Waals surface area (Å²) in [5.74, 6) is 0.123. The fourth-order valence-corrected chi connectivity index (χ4v) is 2.22. The second kappa shape index (κ2) is 7.23.